The summed E-state index contributed by atoms with van der Waals surface area (Å²) in [5.74, 6) is 0. The highest BCUT2D eigenvalue weighted by atomic mass is 35.5. The zero-order valence-corrected chi connectivity index (χ0v) is 5.90. The lowest BCUT2D eigenvalue weighted by molar-refractivity contribution is -0.747. The number of nitrogens with zero attached hydrogens (tertiary/aromatic N) is 1. The fraction of sp³-hybridized carbons (Fsp3) is 1.00. The Morgan fingerprint density at radius 3 is 1.50 bits per heavy atom. The molecule has 50 valence electrons. The van der Waals surface area contributed by atoms with Gasteiger partial charge in [0.15, 0.2) is 11.8 Å². The summed E-state index contributed by atoms with van der Waals surface area (Å²) in [5.41, 5.74) is 0. The summed E-state index contributed by atoms with van der Waals surface area (Å²) >= 11 is 5.47. The molecule has 1 N–H and O–H groups in total. The van der Waals surface area contributed by atoms with Gasteiger partial charge in [-0.1, -0.05) is 0 Å². The number of rotatable bonds is 0. The van der Waals surface area contributed by atoms with Crippen LogP contribution in [0, 0.1) is 10.1 Å². The second kappa shape index (κ2) is 4.80. The first-order valence-electron chi connectivity index (χ1n) is 1.92. The van der Waals surface area contributed by atoms with Crippen molar-refractivity contribution in [1.82, 2.24) is 0 Å². The first-order valence-corrected chi connectivity index (χ1v) is 2.26. The Labute approximate surface area is 53.3 Å². The van der Waals surface area contributed by atoms with Crippen LogP contribution < -0.4 is 5.34 Å². The van der Waals surface area contributed by atoms with Crippen LogP contribution in [0.2, 0.25) is 0 Å². The van der Waals surface area contributed by atoms with Gasteiger partial charge in [-0.25, -0.2) is 4.00 Å². The minimum Gasteiger partial charge on any atom is -0.267 e. The fourth-order valence-corrected chi connectivity index (χ4v) is 0. The Balaban J connectivity index is 0. The molecule has 4 nitrogen and oxygen atoms in total. The highest BCUT2D eigenvalue weighted by molar-refractivity contribution is 6.06. The second-order valence-electron chi connectivity index (χ2n) is 1.93. The first kappa shape index (κ1) is 10.6. The van der Waals surface area contributed by atoms with Crippen molar-refractivity contribution in [3.63, 3.8) is 0 Å². The minimum absolute atomic E-state index is 0.250. The maximum Gasteiger partial charge on any atom is 0.164 e. The molecule has 0 aromatic heterocycles. The lowest BCUT2D eigenvalue weighted by atomic mass is 11.0. The third-order valence-electron chi connectivity index (χ3n) is 0. The van der Waals surface area contributed by atoms with Crippen molar-refractivity contribution in [2.45, 2.75) is 0 Å². The highest BCUT2D eigenvalue weighted by Crippen LogP contribution is 1.91. The Bertz CT molecular complexity index is 54.8. The predicted molar refractivity (Wildman–Crippen MR) is 31.6 cm³/mol. The van der Waals surface area contributed by atoms with E-state index in [1.165, 1.54) is 0 Å². The molecule has 0 aliphatic rings. The van der Waals surface area contributed by atoms with Gasteiger partial charge in [0.05, 0.1) is 21.1 Å². The Morgan fingerprint density at radius 2 is 1.50 bits per heavy atom. The smallest absolute Gasteiger partial charge is 0.164 e. The van der Waals surface area contributed by atoms with Crippen LogP contribution in [0.3, 0.4) is 0 Å². The van der Waals surface area contributed by atoms with Gasteiger partial charge in [0, 0.05) is 5.34 Å². The first-order chi connectivity index (χ1) is 3.41. The van der Waals surface area contributed by atoms with E-state index in [1.807, 2.05) is 21.1 Å². The van der Waals surface area contributed by atoms with E-state index in [9.17, 15) is 0 Å². The maximum atomic E-state index is 8.12. The van der Waals surface area contributed by atoms with E-state index in [4.69, 9.17) is 21.9 Å². The summed E-state index contributed by atoms with van der Waals surface area (Å²) < 4.78 is 0.472. The normalized spacial score (nSPS) is 9.00. The van der Waals surface area contributed by atoms with Gasteiger partial charge in [0.2, 0.25) is 0 Å². The number of halogens is 1. The lowest BCUT2D eigenvalue weighted by Crippen LogP contribution is -2.53. The van der Waals surface area contributed by atoms with Gasteiger partial charge in [0.1, 0.15) is 0 Å². The Kier molecular flexibility index (Phi) is 6.36. The number of quaternary nitrogens is 1. The molecule has 0 atom stereocenters. The molecular weight excluding hydrogens is 131 g/mol. The third kappa shape index (κ3) is 997. The molecule has 0 aromatic carbocycles. The van der Waals surface area contributed by atoms with Crippen LogP contribution in [0.15, 0.2) is 0 Å². The molecule has 0 rings (SSSR count). The standard InChI is InChI=1S/C3H9ClN.HNO2/c1-5(2,3)4;2-1-3/h1-3H3;1H/q+1;. The van der Waals surface area contributed by atoms with Crippen molar-refractivity contribution in [1.29, 1.82) is 0 Å². The SMILES string of the molecule is C[N+](C)(C)Cl.O=[NH+][O-]. The molecule has 0 saturated heterocycles. The average molecular weight is 142 g/mol. The molecular formula is C3H10ClN2O2+. The molecule has 0 saturated carbocycles. The highest BCUT2D eigenvalue weighted by Gasteiger charge is 1.95. The van der Waals surface area contributed by atoms with Gasteiger partial charge in [-0.2, -0.15) is 0 Å². The monoisotopic (exact) mass is 141 g/mol. The molecule has 0 radical (unpaired) electrons. The zero-order valence-electron chi connectivity index (χ0n) is 5.14. The Hall–Kier alpha value is -0.350. The molecule has 0 unspecified atom stereocenters. The topological polar surface area (TPSA) is 54.1 Å². The van der Waals surface area contributed by atoms with Crippen molar-refractivity contribution in [2.24, 2.45) is 0 Å². The van der Waals surface area contributed by atoms with Crippen molar-refractivity contribution < 1.29 is 9.34 Å². The van der Waals surface area contributed by atoms with Crippen LogP contribution in [0.5, 0.6) is 0 Å². The third-order valence-corrected chi connectivity index (χ3v) is 0. The molecule has 0 amide bonds. The minimum atomic E-state index is 0.250. The van der Waals surface area contributed by atoms with Crippen molar-refractivity contribution in [3.05, 3.63) is 10.1 Å². The average Bonchev–Trinajstić information content (AvgIpc) is 1.27. The van der Waals surface area contributed by atoms with Gasteiger partial charge in [-0.15, -0.1) is 0 Å². The summed E-state index contributed by atoms with van der Waals surface area (Å²) in [4.78, 5) is 8.12. The summed E-state index contributed by atoms with van der Waals surface area (Å²) in [5, 5.41) is 8.38. The van der Waals surface area contributed by atoms with Crippen LogP contribution in [0.4, 0.5) is 0 Å². The van der Waals surface area contributed by atoms with Gasteiger partial charge in [0.25, 0.3) is 0 Å². The van der Waals surface area contributed by atoms with E-state index in [0.717, 1.165) is 0 Å². The van der Waals surface area contributed by atoms with Gasteiger partial charge in [-0.3, -0.25) is 10.1 Å². The molecule has 0 bridgehead atoms. The molecule has 0 aliphatic heterocycles. The van der Waals surface area contributed by atoms with Crippen LogP contribution in [-0.4, -0.2) is 25.1 Å². The van der Waals surface area contributed by atoms with Crippen molar-refractivity contribution >= 4 is 11.8 Å². The van der Waals surface area contributed by atoms with Crippen LogP contribution in [-0.2, 0) is 0 Å². The van der Waals surface area contributed by atoms with Crippen LogP contribution in [0.25, 0.3) is 0 Å². The van der Waals surface area contributed by atoms with Crippen LogP contribution >= 0.6 is 11.8 Å². The van der Waals surface area contributed by atoms with E-state index in [-0.39, 0.29) is 5.34 Å². The number of hydrogen-bond donors (Lipinski definition) is 1. The summed E-state index contributed by atoms with van der Waals surface area (Å²) in [6, 6.07) is 0. The van der Waals surface area contributed by atoms with E-state index in [1.54, 1.807) is 0 Å². The molecule has 8 heavy (non-hydrogen) atoms. The molecule has 0 heterocycles. The zero-order chi connectivity index (χ0) is 7.21. The molecule has 5 heteroatoms. The van der Waals surface area contributed by atoms with E-state index >= 15 is 0 Å². The molecule has 0 fully saturated rings. The van der Waals surface area contributed by atoms with Gasteiger partial charge < -0.3 is 0 Å². The molecule has 0 aromatic rings. The molecule has 0 spiro atoms. The van der Waals surface area contributed by atoms with E-state index in [2.05, 4.69) is 0 Å². The summed E-state index contributed by atoms with van der Waals surface area (Å²) in [7, 11) is 5.67. The summed E-state index contributed by atoms with van der Waals surface area (Å²) in [6.07, 6.45) is 0. The van der Waals surface area contributed by atoms with E-state index in [0.29, 0.717) is 4.00 Å². The lowest BCUT2D eigenvalue weighted by Gasteiger charge is -2.07. The van der Waals surface area contributed by atoms with Crippen LogP contribution in [0.1, 0.15) is 0 Å². The molecule has 0 aliphatic carbocycles. The van der Waals surface area contributed by atoms with Gasteiger partial charge >= 0.3 is 0 Å². The largest absolute Gasteiger partial charge is 0.267 e. The van der Waals surface area contributed by atoms with Crippen molar-refractivity contribution in [3.8, 4) is 0 Å². The number of nitrogens with one attached hydrogen (secondary N) is 1. The fourth-order valence-electron chi connectivity index (χ4n) is 0. The second-order valence-corrected chi connectivity index (χ2v) is 2.95. The maximum absolute atomic E-state index is 8.12. The quantitative estimate of drug-likeness (QED) is 0.272. The van der Waals surface area contributed by atoms with Gasteiger partial charge in [-0.05, 0) is 0 Å². The summed E-state index contributed by atoms with van der Waals surface area (Å²) in [6.45, 7) is 0. The van der Waals surface area contributed by atoms with Crippen molar-refractivity contribution in [2.75, 3.05) is 21.1 Å². The van der Waals surface area contributed by atoms with E-state index < -0.39 is 0 Å². The predicted octanol–water partition coefficient (Wildman–Crippen LogP) is -0.822. The number of hydrogen-bond acceptors (Lipinski definition) is 2. The Morgan fingerprint density at radius 1 is 1.50 bits per heavy atom.